The number of para-hydroxylation sites is 1. The molecular weight excluding hydrogens is 216 g/mol. The lowest BCUT2D eigenvalue weighted by Gasteiger charge is -2.24. The summed E-state index contributed by atoms with van der Waals surface area (Å²) in [6.07, 6.45) is 1.51. The normalized spacial score (nSPS) is 16.8. The second-order valence-electron chi connectivity index (χ2n) is 4.27. The number of benzene rings is 1. The van der Waals surface area contributed by atoms with Gasteiger partial charge in [-0.25, -0.2) is 0 Å². The lowest BCUT2D eigenvalue weighted by Crippen LogP contribution is -2.40. The highest BCUT2D eigenvalue weighted by Crippen LogP contribution is 2.07. The zero-order valence-corrected chi connectivity index (χ0v) is 9.69. The Morgan fingerprint density at radius 1 is 1.29 bits per heavy atom. The number of amides is 1. The largest absolute Gasteiger partial charge is 0.325 e. The molecule has 1 fully saturated rings. The van der Waals surface area contributed by atoms with E-state index in [1.165, 1.54) is 0 Å². The van der Waals surface area contributed by atoms with Crippen LogP contribution in [-0.4, -0.2) is 36.2 Å². The maximum absolute atomic E-state index is 11.7. The minimum Gasteiger partial charge on any atom is -0.325 e. The molecule has 0 bridgehead atoms. The number of anilines is 1. The van der Waals surface area contributed by atoms with Gasteiger partial charge in [0.2, 0.25) is 5.91 Å². The van der Waals surface area contributed by atoms with Crippen molar-refractivity contribution in [1.29, 1.82) is 0 Å². The summed E-state index contributed by atoms with van der Waals surface area (Å²) in [5.74, 6) is 0.162. The molecule has 0 atom stereocenters. The Hall–Kier alpha value is -1.68. The van der Waals surface area contributed by atoms with Crippen LogP contribution in [-0.2, 0) is 9.59 Å². The molecule has 4 heteroatoms. The van der Waals surface area contributed by atoms with Crippen molar-refractivity contribution in [3.05, 3.63) is 30.3 Å². The smallest absolute Gasteiger partial charge is 0.238 e. The van der Waals surface area contributed by atoms with Crippen molar-refractivity contribution in [2.24, 2.45) is 0 Å². The molecule has 1 amide bonds. The van der Waals surface area contributed by atoms with E-state index in [0.29, 0.717) is 19.5 Å². The number of rotatable bonds is 3. The Bertz CT molecular complexity index is 403. The van der Waals surface area contributed by atoms with Gasteiger partial charge in [-0.2, -0.15) is 0 Å². The molecule has 17 heavy (non-hydrogen) atoms. The highest BCUT2D eigenvalue weighted by Gasteiger charge is 2.18. The molecule has 90 valence electrons. The molecule has 2 rings (SSSR count). The fourth-order valence-electron chi connectivity index (χ4n) is 1.97. The molecule has 0 saturated carbocycles. The van der Waals surface area contributed by atoms with Gasteiger partial charge in [-0.1, -0.05) is 18.2 Å². The van der Waals surface area contributed by atoms with Gasteiger partial charge in [0.15, 0.2) is 0 Å². The van der Waals surface area contributed by atoms with Crippen LogP contribution in [0.5, 0.6) is 0 Å². The Morgan fingerprint density at radius 3 is 2.76 bits per heavy atom. The van der Waals surface area contributed by atoms with E-state index in [1.54, 1.807) is 0 Å². The average Bonchev–Trinajstić information content (AvgIpc) is 2.30. The number of carbonyl (C=O) groups is 2. The molecule has 1 aromatic carbocycles. The summed E-state index contributed by atoms with van der Waals surface area (Å²) in [4.78, 5) is 24.9. The summed E-state index contributed by atoms with van der Waals surface area (Å²) in [7, 11) is 0. The van der Waals surface area contributed by atoms with Crippen LogP contribution in [0.25, 0.3) is 0 Å². The Kier molecular flexibility index (Phi) is 3.88. The molecule has 0 radical (unpaired) electrons. The predicted octanol–water partition coefficient (Wildman–Crippen LogP) is 1.29. The lowest BCUT2D eigenvalue weighted by atomic mass is 10.1. The summed E-state index contributed by atoms with van der Waals surface area (Å²) >= 11 is 0. The number of likely N-dealkylation sites (tertiary alicyclic amines) is 1. The maximum atomic E-state index is 11.7. The van der Waals surface area contributed by atoms with E-state index in [9.17, 15) is 9.59 Å². The number of Topliss-reactive ketones (excluding diaryl/α,β-unsaturated/α-hetero) is 1. The van der Waals surface area contributed by atoms with Crippen molar-refractivity contribution >= 4 is 17.4 Å². The summed E-state index contributed by atoms with van der Waals surface area (Å²) < 4.78 is 0. The van der Waals surface area contributed by atoms with E-state index >= 15 is 0 Å². The van der Waals surface area contributed by atoms with Crippen molar-refractivity contribution in [3.8, 4) is 0 Å². The third kappa shape index (κ3) is 3.67. The van der Waals surface area contributed by atoms with Gasteiger partial charge in [0.05, 0.1) is 13.1 Å². The van der Waals surface area contributed by atoms with Crippen molar-refractivity contribution in [2.75, 3.05) is 25.0 Å². The molecule has 0 aliphatic carbocycles. The van der Waals surface area contributed by atoms with E-state index in [0.717, 1.165) is 18.7 Å². The molecule has 1 heterocycles. The van der Waals surface area contributed by atoms with Crippen LogP contribution in [0.1, 0.15) is 12.8 Å². The third-order valence-electron chi connectivity index (χ3n) is 2.75. The first-order valence-electron chi connectivity index (χ1n) is 5.83. The van der Waals surface area contributed by atoms with Crippen LogP contribution in [0, 0.1) is 0 Å². The van der Waals surface area contributed by atoms with Crippen LogP contribution < -0.4 is 5.32 Å². The quantitative estimate of drug-likeness (QED) is 0.854. The van der Waals surface area contributed by atoms with E-state index in [1.807, 2.05) is 35.2 Å². The minimum atomic E-state index is -0.0640. The molecule has 1 N–H and O–H groups in total. The van der Waals surface area contributed by atoms with Crippen LogP contribution in [0.2, 0.25) is 0 Å². The zero-order chi connectivity index (χ0) is 12.1. The molecule has 0 unspecified atom stereocenters. The average molecular weight is 232 g/mol. The number of hydrogen-bond donors (Lipinski definition) is 1. The summed E-state index contributed by atoms with van der Waals surface area (Å²) in [6.45, 7) is 1.52. The van der Waals surface area contributed by atoms with E-state index < -0.39 is 0 Å². The van der Waals surface area contributed by atoms with E-state index in [2.05, 4.69) is 5.32 Å². The first-order chi connectivity index (χ1) is 8.24. The van der Waals surface area contributed by atoms with Crippen molar-refractivity contribution in [2.45, 2.75) is 12.8 Å². The topological polar surface area (TPSA) is 49.4 Å². The number of nitrogens with zero attached hydrogens (tertiary/aromatic N) is 1. The number of nitrogens with one attached hydrogen (secondary N) is 1. The number of carbonyl (C=O) groups excluding carboxylic acids is 2. The second kappa shape index (κ2) is 5.59. The molecule has 1 saturated heterocycles. The zero-order valence-electron chi connectivity index (χ0n) is 9.69. The Morgan fingerprint density at radius 2 is 2.06 bits per heavy atom. The standard InChI is InChI=1S/C13H16N2O2/c16-12-7-4-8-15(9-12)10-13(17)14-11-5-2-1-3-6-11/h1-3,5-6H,4,7-10H2,(H,14,17). The third-order valence-corrected chi connectivity index (χ3v) is 2.75. The Balaban J connectivity index is 1.83. The second-order valence-corrected chi connectivity index (χ2v) is 4.27. The molecular formula is C13H16N2O2. The van der Waals surface area contributed by atoms with Crippen LogP contribution >= 0.6 is 0 Å². The fraction of sp³-hybridized carbons (Fsp3) is 0.385. The predicted molar refractivity (Wildman–Crippen MR) is 65.8 cm³/mol. The highest BCUT2D eigenvalue weighted by atomic mass is 16.2. The number of piperidine rings is 1. The van der Waals surface area contributed by atoms with Gasteiger partial charge >= 0.3 is 0 Å². The first kappa shape index (κ1) is 11.8. The van der Waals surface area contributed by atoms with Crippen molar-refractivity contribution in [1.82, 2.24) is 4.90 Å². The summed E-state index contributed by atoms with van der Waals surface area (Å²) in [5, 5.41) is 2.81. The van der Waals surface area contributed by atoms with Gasteiger partial charge in [-0.15, -0.1) is 0 Å². The van der Waals surface area contributed by atoms with E-state index in [-0.39, 0.29) is 11.7 Å². The van der Waals surface area contributed by atoms with Gasteiger partial charge in [0.25, 0.3) is 0 Å². The van der Waals surface area contributed by atoms with Gasteiger partial charge in [0.1, 0.15) is 5.78 Å². The molecule has 1 aromatic rings. The molecule has 4 nitrogen and oxygen atoms in total. The number of hydrogen-bond acceptors (Lipinski definition) is 3. The van der Waals surface area contributed by atoms with Gasteiger partial charge < -0.3 is 5.32 Å². The molecule has 1 aliphatic rings. The number of ketones is 1. The summed E-state index contributed by atoms with van der Waals surface area (Å²) in [6, 6.07) is 9.34. The summed E-state index contributed by atoms with van der Waals surface area (Å²) in [5.41, 5.74) is 0.792. The van der Waals surface area contributed by atoms with Crippen LogP contribution in [0.4, 0.5) is 5.69 Å². The van der Waals surface area contributed by atoms with Crippen LogP contribution in [0.15, 0.2) is 30.3 Å². The van der Waals surface area contributed by atoms with Gasteiger partial charge in [-0.3, -0.25) is 14.5 Å². The molecule has 1 aliphatic heterocycles. The fourth-order valence-corrected chi connectivity index (χ4v) is 1.97. The maximum Gasteiger partial charge on any atom is 0.238 e. The van der Waals surface area contributed by atoms with E-state index in [4.69, 9.17) is 0 Å². The lowest BCUT2D eigenvalue weighted by molar-refractivity contribution is -0.123. The highest BCUT2D eigenvalue weighted by molar-refractivity contribution is 5.92. The Labute approximate surface area is 101 Å². The molecule has 0 aromatic heterocycles. The molecule has 0 spiro atoms. The SMILES string of the molecule is O=C1CCCN(CC(=O)Nc2ccccc2)C1. The monoisotopic (exact) mass is 232 g/mol. The van der Waals surface area contributed by atoms with Crippen molar-refractivity contribution < 1.29 is 9.59 Å². The van der Waals surface area contributed by atoms with Crippen LogP contribution in [0.3, 0.4) is 0 Å². The van der Waals surface area contributed by atoms with Crippen molar-refractivity contribution in [3.63, 3.8) is 0 Å². The first-order valence-corrected chi connectivity index (χ1v) is 5.83. The van der Waals surface area contributed by atoms with Gasteiger partial charge in [0, 0.05) is 12.1 Å². The van der Waals surface area contributed by atoms with Gasteiger partial charge in [-0.05, 0) is 25.1 Å². The minimum absolute atomic E-state index is 0.0640.